The minimum atomic E-state index is -0.152. The predicted molar refractivity (Wildman–Crippen MR) is 122 cm³/mol. The van der Waals surface area contributed by atoms with Crippen LogP contribution < -0.4 is 11.1 Å². The van der Waals surface area contributed by atoms with Crippen molar-refractivity contribution in [1.82, 2.24) is 5.32 Å². The summed E-state index contributed by atoms with van der Waals surface area (Å²) in [5.41, 5.74) is 6.02. The fraction of sp³-hybridized carbons (Fsp3) is 0.958. The van der Waals surface area contributed by atoms with Crippen molar-refractivity contribution in [2.24, 2.45) is 16.6 Å². The third kappa shape index (κ3) is 11.0. The normalized spacial score (nSPS) is 13.0. The number of hydrogen-bond acceptors (Lipinski definition) is 1. The molecule has 3 heteroatoms. The molecule has 0 fully saturated rings. The van der Waals surface area contributed by atoms with Crippen molar-refractivity contribution in [3.8, 4) is 0 Å². The Labute approximate surface area is 171 Å². The molecule has 0 rings (SSSR count). The highest BCUT2D eigenvalue weighted by molar-refractivity contribution is 5.75. The fourth-order valence-corrected chi connectivity index (χ4v) is 4.77. The Hall–Kier alpha value is -0.730. The lowest BCUT2D eigenvalue weighted by Crippen LogP contribution is -2.51. The molecule has 0 aromatic heterocycles. The van der Waals surface area contributed by atoms with Gasteiger partial charge in [0.2, 0.25) is 0 Å². The monoisotopic (exact) mass is 381 g/mol. The number of guanidine groups is 1. The van der Waals surface area contributed by atoms with Crippen molar-refractivity contribution >= 4 is 5.96 Å². The first-order valence-corrected chi connectivity index (χ1v) is 11.6. The van der Waals surface area contributed by atoms with Crippen LogP contribution in [0.3, 0.4) is 0 Å². The zero-order chi connectivity index (χ0) is 21.0. The molecule has 0 aliphatic carbocycles. The Morgan fingerprint density at radius 1 is 0.741 bits per heavy atom. The van der Waals surface area contributed by atoms with Gasteiger partial charge in [0.15, 0.2) is 5.96 Å². The van der Waals surface area contributed by atoms with Crippen molar-refractivity contribution in [1.29, 1.82) is 5.41 Å². The molecule has 0 bridgehead atoms. The molecule has 0 radical (unpaired) electrons. The Bertz CT molecular complexity index is 384. The zero-order valence-electron chi connectivity index (χ0n) is 19.8. The third-order valence-corrected chi connectivity index (χ3v) is 6.66. The Morgan fingerprint density at radius 3 is 1.52 bits per heavy atom. The molecule has 0 unspecified atom stereocenters. The van der Waals surface area contributed by atoms with Crippen LogP contribution in [0.25, 0.3) is 0 Å². The van der Waals surface area contributed by atoms with E-state index in [0.29, 0.717) is 5.41 Å². The lowest BCUT2D eigenvalue weighted by atomic mass is 9.58. The molecule has 0 amide bonds. The molecule has 0 aliphatic heterocycles. The molecule has 162 valence electrons. The summed E-state index contributed by atoms with van der Waals surface area (Å²) in [4.78, 5) is 0. The van der Waals surface area contributed by atoms with Gasteiger partial charge < -0.3 is 11.1 Å². The Morgan fingerprint density at radius 2 is 1.15 bits per heavy atom. The third-order valence-electron chi connectivity index (χ3n) is 6.66. The Kier molecular flexibility index (Phi) is 12.3. The number of hydrogen-bond donors (Lipinski definition) is 3. The first-order valence-electron chi connectivity index (χ1n) is 11.6. The maximum absolute atomic E-state index is 7.63. The van der Waals surface area contributed by atoms with Gasteiger partial charge in [-0.05, 0) is 43.9 Å². The summed E-state index contributed by atoms with van der Waals surface area (Å²) in [5, 5.41) is 10.8. The molecule has 4 N–H and O–H groups in total. The molecular formula is C24H51N3. The first kappa shape index (κ1) is 26.3. The SMILES string of the molecule is CCCCCCCC(C)(CCCCCCC)C(C)(C)CC(C)(C)NC(=N)N. The van der Waals surface area contributed by atoms with Crippen LogP contribution in [0.5, 0.6) is 0 Å². The standard InChI is InChI=1S/C24H51N3/c1-8-10-12-14-16-18-24(7,19-17-15-13-11-9-2)22(3,4)20-23(5,6)27-21(25)26/h8-20H2,1-7H3,(H4,25,26,27). The summed E-state index contributed by atoms with van der Waals surface area (Å²) in [7, 11) is 0. The molecule has 27 heavy (non-hydrogen) atoms. The van der Waals surface area contributed by atoms with E-state index in [0.717, 1.165) is 6.42 Å². The van der Waals surface area contributed by atoms with Gasteiger partial charge in [0.25, 0.3) is 0 Å². The summed E-state index contributed by atoms with van der Waals surface area (Å²) in [6.45, 7) is 16.3. The van der Waals surface area contributed by atoms with E-state index >= 15 is 0 Å². The molecule has 0 heterocycles. The fourth-order valence-electron chi connectivity index (χ4n) is 4.77. The largest absolute Gasteiger partial charge is 0.370 e. The lowest BCUT2D eigenvalue weighted by Gasteiger charge is -2.49. The van der Waals surface area contributed by atoms with E-state index in [1.54, 1.807) is 0 Å². The molecule has 0 saturated heterocycles. The van der Waals surface area contributed by atoms with E-state index < -0.39 is 0 Å². The van der Waals surface area contributed by atoms with Crippen LogP contribution in [-0.4, -0.2) is 11.5 Å². The summed E-state index contributed by atoms with van der Waals surface area (Å²) >= 11 is 0. The van der Waals surface area contributed by atoms with Crippen molar-refractivity contribution in [3.05, 3.63) is 0 Å². The summed E-state index contributed by atoms with van der Waals surface area (Å²) in [6.07, 6.45) is 17.2. The summed E-state index contributed by atoms with van der Waals surface area (Å²) in [5.74, 6) is 0.0802. The van der Waals surface area contributed by atoms with Crippen molar-refractivity contribution in [2.75, 3.05) is 0 Å². The van der Waals surface area contributed by atoms with E-state index in [9.17, 15) is 0 Å². The average Bonchev–Trinajstić information content (AvgIpc) is 2.52. The number of nitrogens with two attached hydrogens (primary N) is 1. The highest BCUT2D eigenvalue weighted by Crippen LogP contribution is 2.50. The number of rotatable bonds is 16. The van der Waals surface area contributed by atoms with Crippen LogP contribution >= 0.6 is 0 Å². The van der Waals surface area contributed by atoms with Gasteiger partial charge in [-0.2, -0.15) is 0 Å². The quantitative estimate of drug-likeness (QED) is 0.148. The van der Waals surface area contributed by atoms with Gasteiger partial charge in [0.1, 0.15) is 0 Å². The highest BCUT2D eigenvalue weighted by Gasteiger charge is 2.43. The van der Waals surface area contributed by atoms with Gasteiger partial charge in [0.05, 0.1) is 0 Å². The van der Waals surface area contributed by atoms with Gasteiger partial charge in [0, 0.05) is 5.54 Å². The first-order chi connectivity index (χ1) is 12.5. The second kappa shape index (κ2) is 12.7. The van der Waals surface area contributed by atoms with E-state index in [1.165, 1.54) is 77.0 Å². The van der Waals surface area contributed by atoms with Crippen molar-refractivity contribution in [2.45, 2.75) is 137 Å². The van der Waals surface area contributed by atoms with Crippen LogP contribution in [-0.2, 0) is 0 Å². The van der Waals surface area contributed by atoms with Crippen molar-refractivity contribution in [3.63, 3.8) is 0 Å². The van der Waals surface area contributed by atoms with E-state index in [2.05, 4.69) is 53.8 Å². The second-order valence-electron chi connectivity index (χ2n) is 10.4. The molecule has 0 spiro atoms. The van der Waals surface area contributed by atoms with Crippen LogP contribution in [0.1, 0.15) is 132 Å². The molecule has 0 aromatic rings. The van der Waals surface area contributed by atoms with Gasteiger partial charge in [-0.15, -0.1) is 0 Å². The topological polar surface area (TPSA) is 61.9 Å². The number of unbranched alkanes of at least 4 members (excludes halogenated alkanes) is 8. The van der Waals surface area contributed by atoms with Crippen LogP contribution in [0.4, 0.5) is 0 Å². The van der Waals surface area contributed by atoms with Gasteiger partial charge in [-0.25, -0.2) is 0 Å². The molecule has 3 nitrogen and oxygen atoms in total. The molecular weight excluding hydrogens is 330 g/mol. The summed E-state index contributed by atoms with van der Waals surface area (Å²) in [6, 6.07) is 0. The second-order valence-corrected chi connectivity index (χ2v) is 10.4. The van der Waals surface area contributed by atoms with Crippen LogP contribution in [0, 0.1) is 16.2 Å². The Balaban J connectivity index is 5.00. The molecule has 0 saturated carbocycles. The predicted octanol–water partition coefficient (Wildman–Crippen LogP) is 7.39. The van der Waals surface area contributed by atoms with E-state index in [1.807, 2.05) is 0 Å². The minimum Gasteiger partial charge on any atom is -0.370 e. The van der Waals surface area contributed by atoms with Gasteiger partial charge in [-0.1, -0.05) is 98.8 Å². The minimum absolute atomic E-state index is 0.0802. The summed E-state index contributed by atoms with van der Waals surface area (Å²) < 4.78 is 0. The van der Waals surface area contributed by atoms with Gasteiger partial charge in [-0.3, -0.25) is 5.41 Å². The smallest absolute Gasteiger partial charge is 0.186 e. The zero-order valence-corrected chi connectivity index (χ0v) is 19.8. The highest BCUT2D eigenvalue weighted by atomic mass is 15.1. The average molecular weight is 382 g/mol. The maximum Gasteiger partial charge on any atom is 0.186 e. The number of nitrogens with one attached hydrogen (secondary N) is 2. The maximum atomic E-state index is 7.63. The van der Waals surface area contributed by atoms with Crippen LogP contribution in [0.15, 0.2) is 0 Å². The molecule has 0 atom stereocenters. The van der Waals surface area contributed by atoms with Crippen LogP contribution in [0.2, 0.25) is 0 Å². The molecule has 0 aromatic carbocycles. The molecule has 0 aliphatic rings. The van der Waals surface area contributed by atoms with Gasteiger partial charge >= 0.3 is 0 Å². The van der Waals surface area contributed by atoms with E-state index in [4.69, 9.17) is 11.1 Å². The van der Waals surface area contributed by atoms with Crippen molar-refractivity contribution < 1.29 is 0 Å². The van der Waals surface area contributed by atoms with E-state index in [-0.39, 0.29) is 16.9 Å². The lowest BCUT2D eigenvalue weighted by molar-refractivity contribution is 0.0315.